The van der Waals surface area contributed by atoms with Gasteiger partial charge in [0.25, 0.3) is 0 Å². The molecule has 1 rings (SSSR count). The quantitative estimate of drug-likeness (QED) is 0.147. The number of unbranched alkanes of at least 4 members (excludes halogenated alkanes) is 3. The van der Waals surface area contributed by atoms with Gasteiger partial charge in [-0.3, -0.25) is 0 Å². The lowest BCUT2D eigenvalue weighted by molar-refractivity contribution is -0.553. The van der Waals surface area contributed by atoms with E-state index in [-0.39, 0.29) is 16.6 Å². The highest BCUT2D eigenvalue weighted by molar-refractivity contribution is 4.88. The summed E-state index contributed by atoms with van der Waals surface area (Å²) in [6.07, 6.45) is 9.94. The average molecular weight is 417 g/mol. The molecule has 29 heavy (non-hydrogen) atoms. The molecule has 1 fully saturated rings. The van der Waals surface area contributed by atoms with Gasteiger partial charge in [0.1, 0.15) is 0 Å². The summed E-state index contributed by atoms with van der Waals surface area (Å²) < 4.78 is 0. The van der Waals surface area contributed by atoms with Crippen LogP contribution in [0.5, 0.6) is 0 Å². The summed E-state index contributed by atoms with van der Waals surface area (Å²) in [6, 6.07) is 0. The van der Waals surface area contributed by atoms with E-state index in [1.165, 1.54) is 25.7 Å². The van der Waals surface area contributed by atoms with Crippen molar-refractivity contribution in [3.8, 4) is 0 Å². The highest BCUT2D eigenvalue weighted by Gasteiger charge is 2.48. The second kappa shape index (κ2) is 12.6. The molecule has 1 aliphatic rings. The Labute approximate surface area is 182 Å². The molecule has 4 nitrogen and oxygen atoms in total. The molecular formula is C25H52O4. The van der Waals surface area contributed by atoms with Crippen molar-refractivity contribution >= 4 is 0 Å². The van der Waals surface area contributed by atoms with Gasteiger partial charge < -0.3 is 0 Å². The third kappa shape index (κ3) is 12.3. The first kappa shape index (κ1) is 28.8. The van der Waals surface area contributed by atoms with Crippen LogP contribution in [0.25, 0.3) is 0 Å². The first-order valence-electron chi connectivity index (χ1n) is 12.0. The monoisotopic (exact) mass is 416 g/mol. The minimum Gasteiger partial charge on any atom is -0.228 e. The smallest absolute Gasteiger partial charge is 0.228 e. The molecule has 1 unspecified atom stereocenters. The number of hydrogen-bond acceptors (Lipinski definition) is 4. The predicted molar refractivity (Wildman–Crippen MR) is 122 cm³/mol. The predicted octanol–water partition coefficient (Wildman–Crippen LogP) is 8.39. The third-order valence-electron chi connectivity index (χ3n) is 5.81. The first-order valence-corrected chi connectivity index (χ1v) is 12.0. The van der Waals surface area contributed by atoms with Gasteiger partial charge in [-0.1, -0.05) is 74.1 Å². The van der Waals surface area contributed by atoms with Gasteiger partial charge in [-0.05, 0) is 58.3 Å². The van der Waals surface area contributed by atoms with Crippen LogP contribution in [-0.4, -0.2) is 17.0 Å². The molecule has 1 aliphatic carbocycles. The minimum absolute atomic E-state index is 0.122. The van der Waals surface area contributed by atoms with E-state index in [0.717, 1.165) is 32.1 Å². The highest BCUT2D eigenvalue weighted by atomic mass is 17.3. The molecule has 0 saturated heterocycles. The summed E-state index contributed by atoms with van der Waals surface area (Å²) in [5, 5.41) is 0. The van der Waals surface area contributed by atoms with Crippen molar-refractivity contribution in [1.82, 2.24) is 0 Å². The summed E-state index contributed by atoms with van der Waals surface area (Å²) in [5.74, 6) is -0.361. The molecule has 0 spiro atoms. The Morgan fingerprint density at radius 3 is 1.48 bits per heavy atom. The van der Waals surface area contributed by atoms with Crippen molar-refractivity contribution in [2.45, 2.75) is 151 Å². The number of rotatable bonds is 11. The van der Waals surface area contributed by atoms with Crippen molar-refractivity contribution in [1.29, 1.82) is 0 Å². The fourth-order valence-corrected chi connectivity index (χ4v) is 3.56. The van der Waals surface area contributed by atoms with Gasteiger partial charge in [-0.25, -0.2) is 9.78 Å². The van der Waals surface area contributed by atoms with E-state index in [2.05, 4.69) is 48.5 Å². The van der Waals surface area contributed by atoms with E-state index in [0.29, 0.717) is 5.92 Å². The maximum atomic E-state index is 5.92. The topological polar surface area (TPSA) is 36.9 Å². The van der Waals surface area contributed by atoms with E-state index in [1.807, 2.05) is 27.7 Å². The molecule has 1 atom stereocenters. The van der Waals surface area contributed by atoms with Gasteiger partial charge in [0, 0.05) is 12.8 Å². The molecular weight excluding hydrogens is 364 g/mol. The van der Waals surface area contributed by atoms with Crippen molar-refractivity contribution in [3.05, 3.63) is 0 Å². The van der Waals surface area contributed by atoms with Crippen LogP contribution in [0, 0.1) is 11.3 Å². The van der Waals surface area contributed by atoms with Gasteiger partial charge in [-0.15, -0.1) is 0 Å². The van der Waals surface area contributed by atoms with Crippen molar-refractivity contribution in [2.75, 3.05) is 0 Å². The minimum atomic E-state index is -0.847. The fourth-order valence-electron chi connectivity index (χ4n) is 3.56. The molecule has 0 aromatic carbocycles. The summed E-state index contributed by atoms with van der Waals surface area (Å²) in [7, 11) is 0. The van der Waals surface area contributed by atoms with Gasteiger partial charge in [0.2, 0.25) is 5.79 Å². The van der Waals surface area contributed by atoms with Crippen LogP contribution in [0.1, 0.15) is 134 Å². The lowest BCUT2D eigenvalue weighted by Crippen LogP contribution is -2.49. The Hall–Kier alpha value is -0.160. The standard InChI is InChI=1S/C19H38O4.C6H14/c1-10-17(6,7)20-22-19(23-21-18(8,9)11-2)13-15(3)12-16(4,5)14-19;1-3-5-6-4-2/h15H,10-14H2,1-9H3;3-6H2,1-2H3. The summed E-state index contributed by atoms with van der Waals surface area (Å²) in [5.41, 5.74) is -0.569. The second-order valence-corrected chi connectivity index (χ2v) is 11.0. The fraction of sp³-hybridized carbons (Fsp3) is 1.00. The van der Waals surface area contributed by atoms with Crippen LogP contribution < -0.4 is 0 Å². The van der Waals surface area contributed by atoms with Crippen LogP contribution in [0.3, 0.4) is 0 Å². The molecule has 4 heteroatoms. The molecule has 0 radical (unpaired) electrons. The van der Waals surface area contributed by atoms with Gasteiger partial charge in [0.15, 0.2) is 0 Å². The summed E-state index contributed by atoms with van der Waals surface area (Å²) in [4.78, 5) is 23.4. The third-order valence-corrected chi connectivity index (χ3v) is 5.81. The highest BCUT2D eigenvalue weighted by Crippen LogP contribution is 2.47. The van der Waals surface area contributed by atoms with E-state index in [1.54, 1.807) is 0 Å². The van der Waals surface area contributed by atoms with Crippen LogP contribution in [0.4, 0.5) is 0 Å². The normalized spacial score (nSPS) is 21.4. The van der Waals surface area contributed by atoms with Gasteiger partial charge in [0.05, 0.1) is 11.2 Å². The van der Waals surface area contributed by atoms with E-state index >= 15 is 0 Å². The molecule has 0 heterocycles. The molecule has 0 aliphatic heterocycles. The Morgan fingerprint density at radius 1 is 0.759 bits per heavy atom. The second-order valence-electron chi connectivity index (χ2n) is 11.0. The number of hydrogen-bond donors (Lipinski definition) is 0. The lowest BCUT2D eigenvalue weighted by atomic mass is 9.70. The zero-order valence-corrected chi connectivity index (χ0v) is 21.6. The first-order chi connectivity index (χ1) is 13.3. The molecule has 0 aromatic heterocycles. The maximum Gasteiger partial charge on any atom is 0.234 e. The lowest BCUT2D eigenvalue weighted by Gasteiger charge is -2.46. The molecule has 0 aromatic rings. The Kier molecular flexibility index (Phi) is 12.6. The van der Waals surface area contributed by atoms with E-state index in [9.17, 15) is 0 Å². The average Bonchev–Trinajstić information content (AvgIpc) is 2.62. The van der Waals surface area contributed by atoms with Crippen LogP contribution in [0.15, 0.2) is 0 Å². The van der Waals surface area contributed by atoms with Crippen molar-refractivity contribution in [3.63, 3.8) is 0 Å². The van der Waals surface area contributed by atoms with E-state index in [4.69, 9.17) is 19.6 Å². The Bertz CT molecular complexity index is 405. The Morgan fingerprint density at radius 2 is 1.17 bits per heavy atom. The van der Waals surface area contributed by atoms with E-state index < -0.39 is 5.79 Å². The van der Waals surface area contributed by atoms with Crippen LogP contribution in [-0.2, 0) is 19.6 Å². The summed E-state index contributed by atoms with van der Waals surface area (Å²) in [6.45, 7) is 23.5. The largest absolute Gasteiger partial charge is 0.234 e. The van der Waals surface area contributed by atoms with Crippen LogP contribution >= 0.6 is 0 Å². The molecule has 0 N–H and O–H groups in total. The SMILES string of the molecule is CCC(C)(C)OOC1(OOC(C)(C)CC)CC(C)CC(C)(C)C1.CCCCCC. The molecule has 1 saturated carbocycles. The Balaban J connectivity index is 0.00000113. The van der Waals surface area contributed by atoms with Gasteiger partial charge >= 0.3 is 0 Å². The zero-order chi connectivity index (χ0) is 22.8. The van der Waals surface area contributed by atoms with Crippen molar-refractivity contribution < 1.29 is 19.6 Å². The molecule has 176 valence electrons. The maximum absolute atomic E-state index is 5.92. The van der Waals surface area contributed by atoms with Gasteiger partial charge in [-0.2, -0.15) is 9.78 Å². The van der Waals surface area contributed by atoms with Crippen molar-refractivity contribution in [2.24, 2.45) is 11.3 Å². The summed E-state index contributed by atoms with van der Waals surface area (Å²) >= 11 is 0. The van der Waals surface area contributed by atoms with Crippen LogP contribution in [0.2, 0.25) is 0 Å². The molecule has 0 bridgehead atoms. The zero-order valence-electron chi connectivity index (χ0n) is 21.6. The molecule has 0 amide bonds.